The standard InChI is InChI=1S/C8H10O7/c1-3(10)14-7-5(12)6(4(11)2-9)15-8(7)13/h4,6,9,11-12H,2H2,1H3. The van der Waals surface area contributed by atoms with Crippen LogP contribution in [0.25, 0.3) is 0 Å². The fourth-order valence-corrected chi connectivity index (χ4v) is 1.05. The predicted molar refractivity (Wildman–Crippen MR) is 44.4 cm³/mol. The summed E-state index contributed by atoms with van der Waals surface area (Å²) < 4.78 is 8.87. The maximum absolute atomic E-state index is 11.0. The van der Waals surface area contributed by atoms with Crippen molar-refractivity contribution in [1.82, 2.24) is 0 Å². The monoisotopic (exact) mass is 218 g/mol. The van der Waals surface area contributed by atoms with Crippen LogP contribution in [0.2, 0.25) is 0 Å². The van der Waals surface area contributed by atoms with Gasteiger partial charge in [0.1, 0.15) is 6.10 Å². The second-order valence-corrected chi connectivity index (χ2v) is 2.88. The maximum Gasteiger partial charge on any atom is 0.378 e. The van der Waals surface area contributed by atoms with E-state index in [2.05, 4.69) is 9.47 Å². The second kappa shape index (κ2) is 4.28. The van der Waals surface area contributed by atoms with E-state index in [1.54, 1.807) is 0 Å². The minimum Gasteiger partial charge on any atom is -0.505 e. The molecule has 0 radical (unpaired) electrons. The lowest BCUT2D eigenvalue weighted by molar-refractivity contribution is -0.152. The fraction of sp³-hybridized carbons (Fsp3) is 0.500. The minimum atomic E-state index is -1.46. The Morgan fingerprint density at radius 1 is 1.67 bits per heavy atom. The Kier molecular flexibility index (Phi) is 3.28. The molecule has 0 aliphatic carbocycles. The van der Waals surface area contributed by atoms with E-state index >= 15 is 0 Å². The Labute approximate surface area is 84.5 Å². The largest absolute Gasteiger partial charge is 0.505 e. The Balaban J connectivity index is 2.88. The molecular weight excluding hydrogens is 208 g/mol. The van der Waals surface area contributed by atoms with Gasteiger partial charge in [-0.3, -0.25) is 4.79 Å². The van der Waals surface area contributed by atoms with Crippen LogP contribution in [0.1, 0.15) is 6.92 Å². The number of hydrogen-bond acceptors (Lipinski definition) is 7. The number of aliphatic hydroxyl groups excluding tert-OH is 3. The fourth-order valence-electron chi connectivity index (χ4n) is 1.05. The first-order valence-corrected chi connectivity index (χ1v) is 4.08. The van der Waals surface area contributed by atoms with E-state index in [0.717, 1.165) is 6.92 Å². The molecule has 1 aliphatic rings. The third kappa shape index (κ3) is 2.25. The number of esters is 2. The molecule has 15 heavy (non-hydrogen) atoms. The molecule has 1 rings (SSSR count). The van der Waals surface area contributed by atoms with Gasteiger partial charge < -0.3 is 24.8 Å². The number of rotatable bonds is 3. The summed E-state index contributed by atoms with van der Waals surface area (Å²) in [5, 5.41) is 27.1. The third-order valence-corrected chi connectivity index (χ3v) is 1.70. The number of cyclic esters (lactones) is 1. The van der Waals surface area contributed by atoms with Gasteiger partial charge in [-0.25, -0.2) is 4.79 Å². The van der Waals surface area contributed by atoms with E-state index in [9.17, 15) is 14.7 Å². The zero-order valence-electron chi connectivity index (χ0n) is 7.84. The van der Waals surface area contributed by atoms with E-state index in [4.69, 9.17) is 10.2 Å². The van der Waals surface area contributed by atoms with Crippen LogP contribution in [0.4, 0.5) is 0 Å². The molecule has 0 spiro atoms. The highest BCUT2D eigenvalue weighted by molar-refractivity contribution is 5.92. The highest BCUT2D eigenvalue weighted by Gasteiger charge is 2.40. The van der Waals surface area contributed by atoms with Crippen molar-refractivity contribution in [1.29, 1.82) is 0 Å². The first-order chi connectivity index (χ1) is 6.97. The summed E-state index contributed by atoms with van der Waals surface area (Å²) in [4.78, 5) is 21.6. The zero-order chi connectivity index (χ0) is 11.6. The van der Waals surface area contributed by atoms with Gasteiger partial charge in [-0.05, 0) is 0 Å². The van der Waals surface area contributed by atoms with Crippen LogP contribution in [0.15, 0.2) is 11.5 Å². The van der Waals surface area contributed by atoms with E-state index in [-0.39, 0.29) is 0 Å². The molecule has 0 amide bonds. The molecule has 1 aliphatic heterocycles. The van der Waals surface area contributed by atoms with Crippen LogP contribution in [0.3, 0.4) is 0 Å². The molecule has 84 valence electrons. The molecule has 0 saturated heterocycles. The molecule has 7 heteroatoms. The Bertz CT molecular complexity index is 319. The number of aliphatic hydroxyl groups is 3. The van der Waals surface area contributed by atoms with Crippen LogP contribution >= 0.6 is 0 Å². The summed E-state index contributed by atoms with van der Waals surface area (Å²) in [6.07, 6.45) is -2.85. The summed E-state index contributed by atoms with van der Waals surface area (Å²) in [6, 6.07) is 0. The van der Waals surface area contributed by atoms with Crippen molar-refractivity contribution in [2.75, 3.05) is 6.61 Å². The van der Waals surface area contributed by atoms with Crippen molar-refractivity contribution >= 4 is 11.9 Å². The Morgan fingerprint density at radius 2 is 2.27 bits per heavy atom. The highest BCUT2D eigenvalue weighted by atomic mass is 16.6. The van der Waals surface area contributed by atoms with Gasteiger partial charge in [-0.15, -0.1) is 0 Å². The van der Waals surface area contributed by atoms with Gasteiger partial charge >= 0.3 is 11.9 Å². The van der Waals surface area contributed by atoms with Crippen molar-refractivity contribution < 1.29 is 34.4 Å². The molecule has 0 aromatic rings. The lowest BCUT2D eigenvalue weighted by Crippen LogP contribution is -2.31. The summed E-state index contributed by atoms with van der Waals surface area (Å²) >= 11 is 0. The average molecular weight is 218 g/mol. The molecule has 3 N–H and O–H groups in total. The van der Waals surface area contributed by atoms with Crippen LogP contribution in [-0.2, 0) is 19.1 Å². The number of hydrogen-bond donors (Lipinski definition) is 3. The van der Waals surface area contributed by atoms with Gasteiger partial charge in [-0.2, -0.15) is 0 Å². The summed E-state index contributed by atoms with van der Waals surface area (Å²) in [7, 11) is 0. The lowest BCUT2D eigenvalue weighted by atomic mass is 10.2. The van der Waals surface area contributed by atoms with E-state index < -0.39 is 42.3 Å². The first-order valence-electron chi connectivity index (χ1n) is 4.08. The van der Waals surface area contributed by atoms with Crippen LogP contribution in [0, 0.1) is 0 Å². The quantitative estimate of drug-likeness (QED) is 0.499. The molecule has 0 aromatic carbocycles. The van der Waals surface area contributed by atoms with Crippen molar-refractivity contribution in [2.24, 2.45) is 0 Å². The summed E-state index contributed by atoms with van der Waals surface area (Å²) in [5.74, 6) is -3.20. The first kappa shape index (κ1) is 11.5. The third-order valence-electron chi connectivity index (χ3n) is 1.70. The van der Waals surface area contributed by atoms with Gasteiger partial charge in [0.15, 0.2) is 11.9 Å². The maximum atomic E-state index is 11.0. The van der Waals surface area contributed by atoms with Crippen molar-refractivity contribution in [3.63, 3.8) is 0 Å². The molecule has 1 heterocycles. The van der Waals surface area contributed by atoms with E-state index in [0.29, 0.717) is 0 Å². The zero-order valence-corrected chi connectivity index (χ0v) is 7.84. The lowest BCUT2D eigenvalue weighted by Gasteiger charge is -2.13. The van der Waals surface area contributed by atoms with Gasteiger partial charge in [0, 0.05) is 6.92 Å². The number of ether oxygens (including phenoxy) is 2. The van der Waals surface area contributed by atoms with E-state index in [1.165, 1.54) is 0 Å². The molecule has 0 fully saturated rings. The second-order valence-electron chi connectivity index (χ2n) is 2.88. The van der Waals surface area contributed by atoms with E-state index in [1.807, 2.05) is 0 Å². The van der Waals surface area contributed by atoms with Gasteiger partial charge in [0.05, 0.1) is 6.61 Å². The molecular formula is C8H10O7. The molecule has 7 nitrogen and oxygen atoms in total. The average Bonchev–Trinajstić information content (AvgIpc) is 2.44. The molecule has 2 atom stereocenters. The van der Waals surface area contributed by atoms with Crippen LogP contribution in [-0.4, -0.2) is 46.1 Å². The Hall–Kier alpha value is -1.60. The van der Waals surface area contributed by atoms with Crippen molar-refractivity contribution in [2.45, 2.75) is 19.1 Å². The predicted octanol–water partition coefficient (Wildman–Crippen LogP) is -1.40. The topological polar surface area (TPSA) is 113 Å². The minimum absolute atomic E-state index is 0.653. The Morgan fingerprint density at radius 3 is 2.73 bits per heavy atom. The normalized spacial score (nSPS) is 22.6. The number of carbonyl (C=O) groups excluding carboxylic acids is 2. The van der Waals surface area contributed by atoms with Crippen LogP contribution < -0.4 is 0 Å². The molecule has 0 bridgehead atoms. The molecule has 0 saturated carbocycles. The SMILES string of the molecule is CC(=O)OC1=C(O)C(C(O)CO)OC1=O. The highest BCUT2D eigenvalue weighted by Crippen LogP contribution is 2.23. The summed E-state index contributed by atoms with van der Waals surface area (Å²) in [6.45, 7) is 0.346. The van der Waals surface area contributed by atoms with Crippen LogP contribution in [0.5, 0.6) is 0 Å². The van der Waals surface area contributed by atoms with Gasteiger partial charge in [0.25, 0.3) is 5.76 Å². The van der Waals surface area contributed by atoms with Crippen molar-refractivity contribution in [3.05, 3.63) is 11.5 Å². The molecule has 0 aromatic heterocycles. The number of carbonyl (C=O) groups is 2. The van der Waals surface area contributed by atoms with Crippen molar-refractivity contribution in [3.8, 4) is 0 Å². The van der Waals surface area contributed by atoms with Gasteiger partial charge in [0.2, 0.25) is 0 Å². The smallest absolute Gasteiger partial charge is 0.378 e. The van der Waals surface area contributed by atoms with Gasteiger partial charge in [-0.1, -0.05) is 0 Å². The summed E-state index contributed by atoms with van der Waals surface area (Å²) in [5.41, 5.74) is 0. The molecule has 2 unspecified atom stereocenters.